The van der Waals surface area contributed by atoms with Gasteiger partial charge in [-0.15, -0.1) is 0 Å². The highest BCUT2D eigenvalue weighted by Gasteiger charge is 2.22. The van der Waals surface area contributed by atoms with Gasteiger partial charge in [-0.1, -0.05) is 0 Å². The minimum atomic E-state index is -0.0997. The van der Waals surface area contributed by atoms with E-state index in [1.54, 1.807) is 17.1 Å². The van der Waals surface area contributed by atoms with E-state index in [1.807, 2.05) is 14.0 Å². The van der Waals surface area contributed by atoms with Gasteiger partial charge in [-0.3, -0.25) is 14.4 Å². The maximum Gasteiger partial charge on any atom is 0.241 e. The molecule has 94 valence electrons. The zero-order valence-electron chi connectivity index (χ0n) is 10.3. The molecule has 6 nitrogen and oxygen atoms in total. The van der Waals surface area contributed by atoms with Gasteiger partial charge in [0, 0.05) is 39.4 Å². The molecule has 1 aliphatic rings. The second-order valence-corrected chi connectivity index (χ2v) is 4.35. The fourth-order valence-electron chi connectivity index (χ4n) is 1.97. The molecule has 2 rings (SSSR count). The smallest absolute Gasteiger partial charge is 0.241 e. The van der Waals surface area contributed by atoms with Gasteiger partial charge in [0.05, 0.1) is 17.9 Å². The third-order valence-electron chi connectivity index (χ3n) is 3.05. The number of anilines is 1. The van der Waals surface area contributed by atoms with Crippen molar-refractivity contribution in [3.05, 3.63) is 12.4 Å². The van der Waals surface area contributed by atoms with E-state index in [4.69, 9.17) is 0 Å². The number of rotatable bonds is 3. The van der Waals surface area contributed by atoms with Crippen LogP contribution in [0.4, 0.5) is 5.69 Å². The molecule has 0 aliphatic carbocycles. The number of hydrogen-bond acceptors (Lipinski definition) is 4. The molecule has 0 spiro atoms. The molecule has 2 N–H and O–H groups in total. The highest BCUT2D eigenvalue weighted by atomic mass is 16.2. The summed E-state index contributed by atoms with van der Waals surface area (Å²) in [5, 5.41) is 10.2. The molecule has 1 atom stereocenters. The van der Waals surface area contributed by atoms with E-state index in [9.17, 15) is 4.79 Å². The Morgan fingerprint density at radius 2 is 2.24 bits per heavy atom. The summed E-state index contributed by atoms with van der Waals surface area (Å²) in [6.45, 7) is 5.68. The van der Waals surface area contributed by atoms with Gasteiger partial charge < -0.3 is 10.6 Å². The van der Waals surface area contributed by atoms with Crippen LogP contribution in [0.15, 0.2) is 12.4 Å². The fourth-order valence-corrected chi connectivity index (χ4v) is 1.97. The summed E-state index contributed by atoms with van der Waals surface area (Å²) < 4.78 is 1.67. The maximum atomic E-state index is 12.0. The van der Waals surface area contributed by atoms with Crippen molar-refractivity contribution in [2.75, 3.05) is 31.5 Å². The summed E-state index contributed by atoms with van der Waals surface area (Å²) in [7, 11) is 1.83. The lowest BCUT2D eigenvalue weighted by molar-refractivity contribution is -0.120. The molecule has 1 aromatic rings. The minimum absolute atomic E-state index is 0.0277. The van der Waals surface area contributed by atoms with Gasteiger partial charge in [0.2, 0.25) is 5.91 Å². The Bertz CT molecular complexity index is 383. The first-order valence-electron chi connectivity index (χ1n) is 5.91. The van der Waals surface area contributed by atoms with Crippen molar-refractivity contribution in [1.29, 1.82) is 0 Å². The molecule has 1 fully saturated rings. The van der Waals surface area contributed by atoms with Gasteiger partial charge in [0.25, 0.3) is 0 Å². The van der Waals surface area contributed by atoms with Crippen molar-refractivity contribution >= 4 is 11.6 Å². The Kier molecular flexibility index (Phi) is 3.75. The van der Waals surface area contributed by atoms with Crippen LogP contribution in [0.3, 0.4) is 0 Å². The first kappa shape index (κ1) is 12.1. The van der Waals surface area contributed by atoms with Crippen LogP contribution in [-0.4, -0.2) is 52.8 Å². The van der Waals surface area contributed by atoms with Gasteiger partial charge in [-0.2, -0.15) is 5.10 Å². The van der Waals surface area contributed by atoms with E-state index in [-0.39, 0.29) is 11.9 Å². The number of carbonyl (C=O) groups is 1. The van der Waals surface area contributed by atoms with Crippen LogP contribution in [0.25, 0.3) is 0 Å². The normalized spacial score (nSPS) is 18.9. The van der Waals surface area contributed by atoms with Crippen molar-refractivity contribution < 1.29 is 4.79 Å². The summed E-state index contributed by atoms with van der Waals surface area (Å²) in [4.78, 5) is 14.2. The Balaban J connectivity index is 1.90. The van der Waals surface area contributed by atoms with E-state index in [0.717, 1.165) is 31.9 Å². The van der Waals surface area contributed by atoms with Crippen LogP contribution < -0.4 is 10.6 Å². The van der Waals surface area contributed by atoms with Gasteiger partial charge in [-0.25, -0.2) is 0 Å². The van der Waals surface area contributed by atoms with E-state index < -0.39 is 0 Å². The number of aromatic nitrogens is 2. The Morgan fingerprint density at radius 1 is 1.53 bits per heavy atom. The lowest BCUT2D eigenvalue weighted by Crippen LogP contribution is -2.51. The predicted molar refractivity (Wildman–Crippen MR) is 65.7 cm³/mol. The topological polar surface area (TPSA) is 62.2 Å². The number of amides is 1. The monoisotopic (exact) mass is 237 g/mol. The lowest BCUT2D eigenvalue weighted by Gasteiger charge is -2.31. The average molecular weight is 237 g/mol. The van der Waals surface area contributed by atoms with Crippen LogP contribution in [0.2, 0.25) is 0 Å². The van der Waals surface area contributed by atoms with E-state index in [1.165, 1.54) is 0 Å². The van der Waals surface area contributed by atoms with Crippen LogP contribution in [0.1, 0.15) is 6.92 Å². The van der Waals surface area contributed by atoms with Crippen LogP contribution in [0, 0.1) is 0 Å². The second-order valence-electron chi connectivity index (χ2n) is 4.35. The van der Waals surface area contributed by atoms with Crippen LogP contribution in [-0.2, 0) is 11.8 Å². The molecule has 6 heteroatoms. The molecule has 1 aliphatic heterocycles. The molecular weight excluding hydrogens is 218 g/mol. The molecule has 1 amide bonds. The summed E-state index contributed by atoms with van der Waals surface area (Å²) in [5.74, 6) is 0.0277. The van der Waals surface area contributed by atoms with Gasteiger partial charge in [0.1, 0.15) is 0 Å². The summed E-state index contributed by atoms with van der Waals surface area (Å²) in [5.41, 5.74) is 0.750. The molecule has 2 heterocycles. The first-order valence-corrected chi connectivity index (χ1v) is 5.91. The van der Waals surface area contributed by atoms with E-state index in [2.05, 4.69) is 20.6 Å². The van der Waals surface area contributed by atoms with Crippen molar-refractivity contribution in [3.8, 4) is 0 Å². The van der Waals surface area contributed by atoms with Crippen LogP contribution in [0.5, 0.6) is 0 Å². The zero-order valence-corrected chi connectivity index (χ0v) is 10.3. The van der Waals surface area contributed by atoms with E-state index >= 15 is 0 Å². The fraction of sp³-hybridized carbons (Fsp3) is 0.636. The molecule has 1 saturated heterocycles. The second kappa shape index (κ2) is 5.29. The zero-order chi connectivity index (χ0) is 12.3. The number of piperazine rings is 1. The Labute approximate surface area is 101 Å². The largest absolute Gasteiger partial charge is 0.322 e. The van der Waals surface area contributed by atoms with Gasteiger partial charge >= 0.3 is 0 Å². The number of nitrogens with one attached hydrogen (secondary N) is 2. The Morgan fingerprint density at radius 3 is 2.82 bits per heavy atom. The van der Waals surface area contributed by atoms with Crippen molar-refractivity contribution in [2.45, 2.75) is 13.0 Å². The van der Waals surface area contributed by atoms with Crippen molar-refractivity contribution in [2.24, 2.45) is 7.05 Å². The minimum Gasteiger partial charge on any atom is -0.322 e. The Hall–Kier alpha value is -1.40. The third-order valence-corrected chi connectivity index (χ3v) is 3.05. The van der Waals surface area contributed by atoms with E-state index in [0.29, 0.717) is 0 Å². The third kappa shape index (κ3) is 3.04. The molecule has 1 unspecified atom stereocenters. The molecular formula is C11H19N5O. The van der Waals surface area contributed by atoms with Gasteiger partial charge in [-0.05, 0) is 6.92 Å². The molecule has 17 heavy (non-hydrogen) atoms. The molecule has 0 radical (unpaired) electrons. The number of carbonyl (C=O) groups excluding carboxylic acids is 1. The highest BCUT2D eigenvalue weighted by molar-refractivity contribution is 5.94. The number of aryl methyl sites for hydroxylation is 1. The first-order chi connectivity index (χ1) is 8.16. The van der Waals surface area contributed by atoms with Crippen molar-refractivity contribution in [1.82, 2.24) is 20.0 Å². The highest BCUT2D eigenvalue weighted by Crippen LogP contribution is 2.07. The summed E-state index contributed by atoms with van der Waals surface area (Å²) in [6.07, 6.45) is 3.45. The maximum absolute atomic E-state index is 12.0. The number of hydrogen-bond donors (Lipinski definition) is 2. The lowest BCUT2D eigenvalue weighted by atomic mass is 10.2. The summed E-state index contributed by atoms with van der Waals surface area (Å²) in [6, 6.07) is -0.0997. The SMILES string of the molecule is CC(C(=O)Nc1cnn(C)c1)N1CCNCC1. The quantitative estimate of drug-likeness (QED) is 0.754. The molecule has 0 saturated carbocycles. The molecule has 0 bridgehead atoms. The number of nitrogens with zero attached hydrogens (tertiary/aromatic N) is 3. The van der Waals surface area contributed by atoms with Crippen LogP contribution >= 0.6 is 0 Å². The summed E-state index contributed by atoms with van der Waals surface area (Å²) >= 11 is 0. The molecule has 1 aromatic heterocycles. The van der Waals surface area contributed by atoms with Gasteiger partial charge in [0.15, 0.2) is 0 Å². The average Bonchev–Trinajstić information content (AvgIpc) is 2.75. The molecule has 0 aromatic carbocycles. The standard InChI is InChI=1S/C11H19N5O/c1-9(16-5-3-12-4-6-16)11(17)14-10-7-13-15(2)8-10/h7-9,12H,3-6H2,1-2H3,(H,14,17). The van der Waals surface area contributed by atoms with Crippen molar-refractivity contribution in [3.63, 3.8) is 0 Å². The predicted octanol–water partition coefficient (Wildman–Crippen LogP) is -0.348.